The molecule has 2 rings (SSSR count). The standard InChI is InChI=1S/C18H27NO2/c1-14(2)12-18(9-5-6-10-18)13-19-17(21)11-15-7-3-4-8-16(15)20/h3-4,7-8,14,20H,5-6,9-13H2,1-2H3,(H,19,21). The molecule has 0 radical (unpaired) electrons. The number of nitrogens with one attached hydrogen (secondary N) is 1. The Kier molecular flexibility index (Phi) is 5.27. The van der Waals surface area contributed by atoms with E-state index >= 15 is 0 Å². The van der Waals surface area contributed by atoms with E-state index in [0.29, 0.717) is 16.9 Å². The van der Waals surface area contributed by atoms with Crippen molar-refractivity contribution in [1.82, 2.24) is 5.32 Å². The molecule has 0 bridgehead atoms. The van der Waals surface area contributed by atoms with Gasteiger partial charge in [-0.3, -0.25) is 4.79 Å². The van der Waals surface area contributed by atoms with Crippen LogP contribution in [-0.2, 0) is 11.2 Å². The van der Waals surface area contributed by atoms with Crippen molar-refractivity contribution in [2.75, 3.05) is 6.54 Å². The summed E-state index contributed by atoms with van der Waals surface area (Å²) in [6, 6.07) is 7.04. The molecule has 0 saturated heterocycles. The van der Waals surface area contributed by atoms with Gasteiger partial charge in [0.2, 0.25) is 5.91 Å². The molecule has 2 N–H and O–H groups in total. The van der Waals surface area contributed by atoms with Crippen molar-refractivity contribution in [3.05, 3.63) is 29.8 Å². The van der Waals surface area contributed by atoms with Crippen LogP contribution < -0.4 is 5.32 Å². The van der Waals surface area contributed by atoms with Crippen LogP contribution in [0.5, 0.6) is 5.75 Å². The minimum Gasteiger partial charge on any atom is -0.508 e. The molecule has 0 heterocycles. The summed E-state index contributed by atoms with van der Waals surface area (Å²) in [5, 5.41) is 12.8. The predicted molar refractivity (Wildman–Crippen MR) is 85.2 cm³/mol. The fourth-order valence-electron chi connectivity index (χ4n) is 3.63. The predicted octanol–water partition coefficient (Wildman–Crippen LogP) is 3.66. The van der Waals surface area contributed by atoms with Gasteiger partial charge in [-0.25, -0.2) is 0 Å². The molecule has 0 aromatic heterocycles. The molecule has 21 heavy (non-hydrogen) atoms. The smallest absolute Gasteiger partial charge is 0.224 e. The number of hydrogen-bond acceptors (Lipinski definition) is 2. The normalized spacial score (nSPS) is 17.1. The lowest BCUT2D eigenvalue weighted by Gasteiger charge is -2.31. The maximum absolute atomic E-state index is 12.1. The van der Waals surface area contributed by atoms with Crippen LogP contribution in [0.2, 0.25) is 0 Å². The Hall–Kier alpha value is -1.51. The zero-order valence-electron chi connectivity index (χ0n) is 13.2. The second-order valence-electron chi connectivity index (χ2n) is 6.89. The molecule has 1 saturated carbocycles. The Morgan fingerprint density at radius 3 is 2.57 bits per heavy atom. The van der Waals surface area contributed by atoms with Gasteiger partial charge in [0.25, 0.3) is 0 Å². The number of para-hydroxylation sites is 1. The minimum atomic E-state index is 0.00605. The molecule has 3 heteroatoms. The number of phenols is 1. The van der Waals surface area contributed by atoms with Crippen LogP contribution in [0.25, 0.3) is 0 Å². The Morgan fingerprint density at radius 1 is 1.29 bits per heavy atom. The van der Waals surface area contributed by atoms with Crippen LogP contribution in [0.1, 0.15) is 51.5 Å². The van der Waals surface area contributed by atoms with Gasteiger partial charge in [-0.05, 0) is 36.7 Å². The van der Waals surface area contributed by atoms with Crippen molar-refractivity contribution in [3.8, 4) is 5.75 Å². The zero-order valence-corrected chi connectivity index (χ0v) is 13.2. The molecule has 1 aliphatic carbocycles. The van der Waals surface area contributed by atoms with E-state index in [1.807, 2.05) is 6.07 Å². The lowest BCUT2D eigenvalue weighted by molar-refractivity contribution is -0.121. The van der Waals surface area contributed by atoms with Gasteiger partial charge in [0.05, 0.1) is 6.42 Å². The molecule has 0 spiro atoms. The summed E-state index contributed by atoms with van der Waals surface area (Å²) in [6.45, 7) is 5.28. The van der Waals surface area contributed by atoms with Gasteiger partial charge in [-0.2, -0.15) is 0 Å². The Balaban J connectivity index is 1.89. The lowest BCUT2D eigenvalue weighted by atomic mass is 9.78. The molecule has 1 aromatic rings. The highest BCUT2D eigenvalue weighted by atomic mass is 16.3. The lowest BCUT2D eigenvalue weighted by Crippen LogP contribution is -2.37. The fraction of sp³-hybridized carbons (Fsp3) is 0.611. The maximum Gasteiger partial charge on any atom is 0.224 e. The number of benzene rings is 1. The maximum atomic E-state index is 12.1. The topological polar surface area (TPSA) is 49.3 Å². The van der Waals surface area contributed by atoms with Crippen LogP contribution in [0, 0.1) is 11.3 Å². The minimum absolute atomic E-state index is 0.00605. The summed E-state index contributed by atoms with van der Waals surface area (Å²) in [5.41, 5.74) is 0.988. The van der Waals surface area contributed by atoms with Gasteiger partial charge in [-0.15, -0.1) is 0 Å². The average Bonchev–Trinajstić information content (AvgIpc) is 2.87. The zero-order chi connectivity index (χ0) is 15.3. The Bertz CT molecular complexity index is 476. The van der Waals surface area contributed by atoms with E-state index in [-0.39, 0.29) is 18.1 Å². The van der Waals surface area contributed by atoms with Crippen molar-refractivity contribution >= 4 is 5.91 Å². The highest BCUT2D eigenvalue weighted by molar-refractivity contribution is 5.79. The first-order chi connectivity index (χ1) is 10.0. The van der Waals surface area contributed by atoms with Crippen molar-refractivity contribution in [1.29, 1.82) is 0 Å². The SMILES string of the molecule is CC(C)CC1(CNC(=O)Cc2ccccc2O)CCCC1. The van der Waals surface area contributed by atoms with E-state index in [2.05, 4.69) is 19.2 Å². The van der Waals surface area contributed by atoms with Crippen molar-refractivity contribution < 1.29 is 9.90 Å². The summed E-state index contributed by atoms with van der Waals surface area (Å²) in [6.07, 6.45) is 6.45. The molecule has 1 amide bonds. The van der Waals surface area contributed by atoms with Gasteiger partial charge in [0, 0.05) is 12.1 Å². The average molecular weight is 289 g/mol. The number of carbonyl (C=O) groups is 1. The number of phenolic OH excluding ortho intramolecular Hbond substituents is 1. The largest absolute Gasteiger partial charge is 0.508 e. The third-order valence-electron chi connectivity index (χ3n) is 4.51. The Labute approximate surface area is 127 Å². The fourth-order valence-corrected chi connectivity index (χ4v) is 3.63. The Morgan fingerprint density at radius 2 is 1.95 bits per heavy atom. The first kappa shape index (κ1) is 15.9. The molecule has 0 aliphatic heterocycles. The summed E-state index contributed by atoms with van der Waals surface area (Å²) >= 11 is 0. The highest BCUT2D eigenvalue weighted by Crippen LogP contribution is 2.42. The van der Waals surface area contributed by atoms with Crippen LogP contribution in [0.3, 0.4) is 0 Å². The second-order valence-corrected chi connectivity index (χ2v) is 6.89. The van der Waals surface area contributed by atoms with E-state index in [1.54, 1.807) is 18.2 Å². The van der Waals surface area contributed by atoms with E-state index in [0.717, 1.165) is 6.54 Å². The molecule has 1 aromatic carbocycles. The third-order valence-corrected chi connectivity index (χ3v) is 4.51. The number of rotatable bonds is 6. The van der Waals surface area contributed by atoms with Gasteiger partial charge >= 0.3 is 0 Å². The van der Waals surface area contributed by atoms with E-state index in [1.165, 1.54) is 32.1 Å². The van der Waals surface area contributed by atoms with Gasteiger partial charge < -0.3 is 10.4 Å². The third kappa shape index (κ3) is 4.48. The number of aromatic hydroxyl groups is 1. The highest BCUT2D eigenvalue weighted by Gasteiger charge is 2.34. The van der Waals surface area contributed by atoms with E-state index in [4.69, 9.17) is 0 Å². The van der Waals surface area contributed by atoms with Gasteiger partial charge in [0.1, 0.15) is 5.75 Å². The molecule has 1 aliphatic rings. The van der Waals surface area contributed by atoms with Gasteiger partial charge in [-0.1, -0.05) is 44.9 Å². The van der Waals surface area contributed by atoms with Crippen molar-refractivity contribution in [2.45, 2.75) is 52.4 Å². The molecule has 0 unspecified atom stereocenters. The molecule has 1 fully saturated rings. The summed E-state index contributed by atoms with van der Waals surface area (Å²) in [5.74, 6) is 0.870. The molecule has 116 valence electrons. The second kappa shape index (κ2) is 6.97. The molecular weight excluding hydrogens is 262 g/mol. The summed E-state index contributed by atoms with van der Waals surface area (Å²) in [4.78, 5) is 12.1. The van der Waals surface area contributed by atoms with Crippen LogP contribution in [-0.4, -0.2) is 17.6 Å². The first-order valence-electron chi connectivity index (χ1n) is 8.04. The van der Waals surface area contributed by atoms with Crippen molar-refractivity contribution in [3.63, 3.8) is 0 Å². The summed E-state index contributed by atoms with van der Waals surface area (Å²) < 4.78 is 0. The summed E-state index contributed by atoms with van der Waals surface area (Å²) in [7, 11) is 0. The van der Waals surface area contributed by atoms with Crippen LogP contribution in [0.4, 0.5) is 0 Å². The molecular formula is C18H27NO2. The van der Waals surface area contributed by atoms with Crippen molar-refractivity contribution in [2.24, 2.45) is 11.3 Å². The van der Waals surface area contributed by atoms with Crippen LogP contribution >= 0.6 is 0 Å². The van der Waals surface area contributed by atoms with Gasteiger partial charge in [0.15, 0.2) is 0 Å². The monoisotopic (exact) mass is 289 g/mol. The van der Waals surface area contributed by atoms with E-state index < -0.39 is 0 Å². The first-order valence-corrected chi connectivity index (χ1v) is 8.04. The number of carbonyl (C=O) groups excluding carboxylic acids is 1. The quantitative estimate of drug-likeness (QED) is 0.839. The number of hydrogen-bond donors (Lipinski definition) is 2. The van der Waals surface area contributed by atoms with Crippen LogP contribution in [0.15, 0.2) is 24.3 Å². The molecule has 3 nitrogen and oxygen atoms in total. The van der Waals surface area contributed by atoms with E-state index in [9.17, 15) is 9.90 Å². The number of amides is 1. The molecule has 0 atom stereocenters.